The maximum Gasteiger partial charge on any atom is 0.146 e. The molecule has 0 spiro atoms. The minimum atomic E-state index is -0.481. The molecule has 0 atom stereocenters. The lowest BCUT2D eigenvalue weighted by Gasteiger charge is -2.36. The van der Waals surface area contributed by atoms with Gasteiger partial charge in [-0.25, -0.2) is 4.39 Å². The first-order valence-electron chi connectivity index (χ1n) is 5.70. The molecule has 17 heavy (non-hydrogen) atoms. The number of likely N-dealkylation sites (N-methyl/N-ethyl adjacent to an activating group) is 1. The molecule has 0 unspecified atom stereocenters. The molecule has 0 radical (unpaired) electrons. The number of aliphatic hydroxyl groups is 1. The van der Waals surface area contributed by atoms with Crippen LogP contribution in [0.3, 0.4) is 0 Å². The lowest BCUT2D eigenvalue weighted by Crippen LogP contribution is -2.44. The van der Waals surface area contributed by atoms with Crippen LogP contribution >= 0.6 is 0 Å². The maximum absolute atomic E-state index is 13.9. The summed E-state index contributed by atoms with van der Waals surface area (Å²) >= 11 is 0. The monoisotopic (exact) mass is 240 g/mol. The van der Waals surface area contributed by atoms with Crippen molar-refractivity contribution in [1.29, 1.82) is 0 Å². The summed E-state index contributed by atoms with van der Waals surface area (Å²) in [6, 6.07) is 5.16. The number of anilines is 1. The minimum Gasteiger partial charge on any atom is -0.394 e. The third kappa shape index (κ3) is 3.17. The molecule has 0 aliphatic carbocycles. The summed E-state index contributed by atoms with van der Waals surface area (Å²) < 4.78 is 13.9. The fourth-order valence-electron chi connectivity index (χ4n) is 1.57. The Kier molecular flexibility index (Phi) is 4.48. The van der Waals surface area contributed by atoms with E-state index in [1.165, 1.54) is 6.07 Å². The molecule has 0 saturated carbocycles. The number of hydrogen-bond acceptors (Lipinski definition) is 3. The normalized spacial score (nSPS) is 11.6. The summed E-state index contributed by atoms with van der Waals surface area (Å²) in [4.78, 5) is 1.76. The Balaban J connectivity index is 2.99. The summed E-state index contributed by atoms with van der Waals surface area (Å²) in [6.45, 7) is 4.35. The second kappa shape index (κ2) is 5.47. The summed E-state index contributed by atoms with van der Waals surface area (Å²) in [5, 5.41) is 12.3. The number of hydrogen-bond donors (Lipinski definition) is 2. The van der Waals surface area contributed by atoms with Crippen LogP contribution in [0.5, 0.6) is 0 Å². The number of rotatable bonds is 5. The van der Waals surface area contributed by atoms with Crippen molar-refractivity contribution in [2.24, 2.45) is 0 Å². The summed E-state index contributed by atoms with van der Waals surface area (Å²) in [7, 11) is 3.61. The zero-order valence-corrected chi connectivity index (χ0v) is 10.9. The van der Waals surface area contributed by atoms with Gasteiger partial charge in [-0.2, -0.15) is 0 Å². The Bertz CT molecular complexity index is 380. The fraction of sp³-hybridized carbons (Fsp3) is 0.538. The van der Waals surface area contributed by atoms with Gasteiger partial charge in [-0.3, -0.25) is 0 Å². The third-order valence-electron chi connectivity index (χ3n) is 3.05. The van der Waals surface area contributed by atoms with Crippen molar-refractivity contribution in [3.05, 3.63) is 29.6 Å². The standard InChI is InChI=1S/C13H21FN2O/c1-13(2,9-17)16(4)12-6-5-10(8-15-3)7-11(12)14/h5-7,15,17H,8-9H2,1-4H3. The minimum absolute atomic E-state index is 0.0266. The van der Waals surface area contributed by atoms with Gasteiger partial charge in [-0.05, 0) is 38.6 Å². The van der Waals surface area contributed by atoms with Crippen LogP contribution in [-0.4, -0.2) is 31.3 Å². The van der Waals surface area contributed by atoms with Gasteiger partial charge in [0.05, 0.1) is 17.8 Å². The zero-order chi connectivity index (χ0) is 13.1. The molecule has 96 valence electrons. The lowest BCUT2D eigenvalue weighted by molar-refractivity contribution is 0.215. The number of nitrogens with zero attached hydrogens (tertiary/aromatic N) is 1. The van der Waals surface area contributed by atoms with Crippen LogP contribution < -0.4 is 10.2 Å². The highest BCUT2D eigenvalue weighted by Gasteiger charge is 2.24. The van der Waals surface area contributed by atoms with Gasteiger partial charge in [0.2, 0.25) is 0 Å². The molecule has 2 N–H and O–H groups in total. The Morgan fingerprint density at radius 2 is 2.06 bits per heavy atom. The molecule has 0 aromatic heterocycles. The molecule has 0 heterocycles. The molecule has 0 bridgehead atoms. The lowest BCUT2D eigenvalue weighted by atomic mass is 10.0. The van der Waals surface area contributed by atoms with E-state index >= 15 is 0 Å². The quantitative estimate of drug-likeness (QED) is 0.823. The molecule has 1 aromatic rings. The largest absolute Gasteiger partial charge is 0.394 e. The van der Waals surface area contributed by atoms with E-state index in [1.807, 2.05) is 27.0 Å². The summed E-state index contributed by atoms with van der Waals surface area (Å²) in [5.74, 6) is -0.262. The second-order valence-corrected chi connectivity index (χ2v) is 4.85. The highest BCUT2D eigenvalue weighted by atomic mass is 19.1. The predicted molar refractivity (Wildman–Crippen MR) is 68.7 cm³/mol. The first kappa shape index (κ1) is 13.9. The molecule has 0 aliphatic rings. The smallest absolute Gasteiger partial charge is 0.146 e. The Morgan fingerprint density at radius 1 is 1.41 bits per heavy atom. The van der Waals surface area contributed by atoms with Crippen LogP contribution in [0, 0.1) is 5.82 Å². The van der Waals surface area contributed by atoms with Gasteiger partial charge in [0.15, 0.2) is 0 Å². The van der Waals surface area contributed by atoms with E-state index in [2.05, 4.69) is 5.32 Å². The predicted octanol–water partition coefficient (Wildman–Crippen LogP) is 1.75. The highest BCUT2D eigenvalue weighted by molar-refractivity contribution is 5.50. The van der Waals surface area contributed by atoms with E-state index < -0.39 is 5.54 Å². The first-order valence-corrected chi connectivity index (χ1v) is 5.70. The third-order valence-corrected chi connectivity index (χ3v) is 3.05. The Hall–Kier alpha value is -1.13. The van der Waals surface area contributed by atoms with Crippen molar-refractivity contribution in [2.45, 2.75) is 25.9 Å². The van der Waals surface area contributed by atoms with Gasteiger partial charge in [-0.1, -0.05) is 6.07 Å². The summed E-state index contributed by atoms with van der Waals surface area (Å²) in [6.07, 6.45) is 0. The van der Waals surface area contributed by atoms with Crippen molar-refractivity contribution >= 4 is 5.69 Å². The first-order chi connectivity index (χ1) is 7.92. The van der Waals surface area contributed by atoms with Crippen LogP contribution in [0.2, 0.25) is 0 Å². The van der Waals surface area contributed by atoms with E-state index in [0.717, 1.165) is 5.56 Å². The van der Waals surface area contributed by atoms with Crippen LogP contribution in [0.25, 0.3) is 0 Å². The summed E-state index contributed by atoms with van der Waals surface area (Å²) in [5.41, 5.74) is 0.929. The van der Waals surface area contributed by atoms with E-state index in [0.29, 0.717) is 12.2 Å². The van der Waals surface area contributed by atoms with Crippen LogP contribution in [-0.2, 0) is 6.54 Å². The van der Waals surface area contributed by atoms with Gasteiger partial charge in [0, 0.05) is 13.6 Å². The van der Waals surface area contributed by atoms with E-state index in [-0.39, 0.29) is 12.4 Å². The van der Waals surface area contributed by atoms with Gasteiger partial charge in [-0.15, -0.1) is 0 Å². The maximum atomic E-state index is 13.9. The number of nitrogens with one attached hydrogen (secondary N) is 1. The van der Waals surface area contributed by atoms with Crippen LogP contribution in [0.15, 0.2) is 18.2 Å². The molecule has 4 heteroatoms. The number of halogens is 1. The molecule has 0 saturated heterocycles. The van der Waals surface area contributed by atoms with Gasteiger partial charge >= 0.3 is 0 Å². The van der Waals surface area contributed by atoms with Crippen molar-refractivity contribution in [3.63, 3.8) is 0 Å². The fourth-order valence-corrected chi connectivity index (χ4v) is 1.57. The molecular formula is C13H21FN2O. The van der Waals surface area contributed by atoms with Gasteiger partial charge in [0.25, 0.3) is 0 Å². The zero-order valence-electron chi connectivity index (χ0n) is 10.9. The molecule has 3 nitrogen and oxygen atoms in total. The van der Waals surface area contributed by atoms with Crippen molar-refractivity contribution < 1.29 is 9.50 Å². The molecule has 0 fully saturated rings. The molecule has 1 rings (SSSR count). The average Bonchev–Trinajstić information content (AvgIpc) is 2.29. The molecule has 0 aliphatic heterocycles. The highest BCUT2D eigenvalue weighted by Crippen LogP contribution is 2.25. The van der Waals surface area contributed by atoms with Crippen molar-refractivity contribution in [1.82, 2.24) is 5.32 Å². The second-order valence-electron chi connectivity index (χ2n) is 4.85. The molecular weight excluding hydrogens is 219 g/mol. The Labute approximate surface area is 102 Å². The van der Waals surface area contributed by atoms with E-state index in [4.69, 9.17) is 0 Å². The van der Waals surface area contributed by atoms with Gasteiger partial charge < -0.3 is 15.3 Å². The van der Waals surface area contributed by atoms with Crippen molar-refractivity contribution in [3.8, 4) is 0 Å². The topological polar surface area (TPSA) is 35.5 Å². The van der Waals surface area contributed by atoms with Crippen LogP contribution in [0.1, 0.15) is 19.4 Å². The van der Waals surface area contributed by atoms with E-state index in [1.54, 1.807) is 18.0 Å². The van der Waals surface area contributed by atoms with E-state index in [9.17, 15) is 9.50 Å². The van der Waals surface area contributed by atoms with Crippen molar-refractivity contribution in [2.75, 3.05) is 25.6 Å². The number of aliphatic hydroxyl groups excluding tert-OH is 1. The SMILES string of the molecule is CNCc1ccc(N(C)C(C)(C)CO)c(F)c1. The number of benzene rings is 1. The average molecular weight is 240 g/mol. The molecule has 1 aromatic carbocycles. The van der Waals surface area contributed by atoms with Crippen LogP contribution in [0.4, 0.5) is 10.1 Å². The van der Waals surface area contributed by atoms with Gasteiger partial charge in [0.1, 0.15) is 5.82 Å². The molecule has 0 amide bonds. The Morgan fingerprint density at radius 3 is 2.53 bits per heavy atom.